The molecule has 0 amide bonds. The zero-order chi connectivity index (χ0) is 13.7. The summed E-state index contributed by atoms with van der Waals surface area (Å²) in [7, 11) is 1.67. The lowest BCUT2D eigenvalue weighted by Crippen LogP contribution is -2.18. The highest BCUT2D eigenvalue weighted by molar-refractivity contribution is 6.42. The van der Waals surface area contributed by atoms with Crippen LogP contribution in [-0.2, 0) is 11.3 Å². The van der Waals surface area contributed by atoms with Crippen LogP contribution in [0, 0.1) is 0 Å². The maximum Gasteiger partial charge on any atom is 0.171 e. The number of ether oxygens (including phenoxy) is 1. The highest BCUT2D eigenvalue weighted by Gasteiger charge is 2.11. The average Bonchev–Trinajstić information content (AvgIpc) is 2.86. The summed E-state index contributed by atoms with van der Waals surface area (Å²) >= 11 is 11.9. The number of rotatable bonds is 6. The number of nitrogens with zero attached hydrogens (tertiary/aromatic N) is 1. The van der Waals surface area contributed by atoms with Crippen LogP contribution < -0.4 is 5.32 Å². The number of nitrogens with one attached hydrogen (secondary N) is 1. The Hall–Kier alpha value is -1.07. The van der Waals surface area contributed by atoms with Crippen molar-refractivity contribution in [2.75, 3.05) is 20.3 Å². The van der Waals surface area contributed by atoms with Gasteiger partial charge in [0.2, 0.25) is 0 Å². The Morgan fingerprint density at radius 3 is 2.89 bits per heavy atom. The zero-order valence-corrected chi connectivity index (χ0v) is 12.0. The lowest BCUT2D eigenvalue weighted by atomic mass is 10.1. The molecule has 0 saturated carbocycles. The first-order chi connectivity index (χ1) is 9.22. The van der Waals surface area contributed by atoms with Crippen LogP contribution in [-0.4, -0.2) is 25.4 Å². The summed E-state index contributed by atoms with van der Waals surface area (Å²) in [5, 5.41) is 8.08. The summed E-state index contributed by atoms with van der Waals surface area (Å²) in [5.74, 6) is 0.698. The predicted octanol–water partition coefficient (Wildman–Crippen LogP) is 3.38. The molecule has 6 heteroatoms. The first kappa shape index (κ1) is 14.3. The Kier molecular flexibility index (Phi) is 5.22. The Morgan fingerprint density at radius 1 is 1.32 bits per heavy atom. The summed E-state index contributed by atoms with van der Waals surface area (Å²) in [5.41, 5.74) is 1.82. The Labute approximate surface area is 121 Å². The minimum atomic E-state index is 0.494. The first-order valence-electron chi connectivity index (χ1n) is 5.81. The third-order valence-corrected chi connectivity index (χ3v) is 3.36. The van der Waals surface area contributed by atoms with Crippen LogP contribution >= 0.6 is 23.2 Å². The van der Waals surface area contributed by atoms with Crippen molar-refractivity contribution < 1.29 is 9.26 Å². The van der Waals surface area contributed by atoms with Crippen LogP contribution in [0.25, 0.3) is 11.3 Å². The first-order valence-corrected chi connectivity index (χ1v) is 6.56. The molecule has 0 bridgehead atoms. The molecule has 1 aromatic carbocycles. The van der Waals surface area contributed by atoms with E-state index in [0.29, 0.717) is 29.0 Å². The van der Waals surface area contributed by atoms with Gasteiger partial charge in [0, 0.05) is 31.3 Å². The van der Waals surface area contributed by atoms with Crippen LogP contribution in [0.4, 0.5) is 0 Å². The molecular weight excluding hydrogens is 287 g/mol. The summed E-state index contributed by atoms with van der Waals surface area (Å²) in [4.78, 5) is 0. The fourth-order valence-corrected chi connectivity index (χ4v) is 1.96. The molecule has 102 valence electrons. The minimum absolute atomic E-state index is 0.494. The number of hydrogen-bond acceptors (Lipinski definition) is 4. The average molecular weight is 301 g/mol. The molecule has 0 unspecified atom stereocenters. The number of halogens is 2. The molecule has 0 fully saturated rings. The standard InChI is InChI=1S/C13H14Cl2N2O2/c1-18-5-4-16-7-10-8-17-19-13(10)9-2-3-11(14)12(15)6-9/h2-3,6,8,16H,4-5,7H2,1H3. The van der Waals surface area contributed by atoms with Crippen LogP contribution in [0.1, 0.15) is 5.56 Å². The number of aromatic nitrogens is 1. The second kappa shape index (κ2) is 6.91. The van der Waals surface area contributed by atoms with Crippen molar-refractivity contribution >= 4 is 23.2 Å². The van der Waals surface area contributed by atoms with Crippen molar-refractivity contribution in [3.05, 3.63) is 40.0 Å². The van der Waals surface area contributed by atoms with Gasteiger partial charge in [0.1, 0.15) is 0 Å². The van der Waals surface area contributed by atoms with E-state index in [4.69, 9.17) is 32.5 Å². The van der Waals surface area contributed by atoms with E-state index in [9.17, 15) is 0 Å². The molecule has 19 heavy (non-hydrogen) atoms. The lowest BCUT2D eigenvalue weighted by Gasteiger charge is -2.04. The van der Waals surface area contributed by atoms with Crippen LogP contribution in [0.2, 0.25) is 10.0 Å². The third-order valence-electron chi connectivity index (χ3n) is 2.62. The molecule has 2 aromatic rings. The van der Waals surface area contributed by atoms with E-state index >= 15 is 0 Å². The summed E-state index contributed by atoms with van der Waals surface area (Å²) in [6.07, 6.45) is 1.69. The third kappa shape index (κ3) is 3.70. The van der Waals surface area contributed by atoms with Crippen molar-refractivity contribution in [2.45, 2.75) is 6.54 Å². The quantitative estimate of drug-likeness (QED) is 0.831. The van der Waals surface area contributed by atoms with Gasteiger partial charge in [-0.05, 0) is 18.2 Å². The smallest absolute Gasteiger partial charge is 0.171 e. The van der Waals surface area contributed by atoms with E-state index in [1.807, 2.05) is 6.07 Å². The highest BCUT2D eigenvalue weighted by Crippen LogP contribution is 2.30. The van der Waals surface area contributed by atoms with Crippen molar-refractivity contribution in [3.8, 4) is 11.3 Å². The second-order valence-electron chi connectivity index (χ2n) is 3.98. The maximum absolute atomic E-state index is 6.00. The molecule has 2 rings (SSSR count). The van der Waals surface area contributed by atoms with Crippen LogP contribution in [0.3, 0.4) is 0 Å². The van der Waals surface area contributed by atoms with Gasteiger partial charge in [-0.3, -0.25) is 0 Å². The fourth-order valence-electron chi connectivity index (χ4n) is 1.66. The molecule has 0 aliphatic heterocycles. The molecule has 4 nitrogen and oxygen atoms in total. The van der Waals surface area contributed by atoms with E-state index < -0.39 is 0 Å². The zero-order valence-electron chi connectivity index (χ0n) is 10.5. The SMILES string of the molecule is COCCNCc1cnoc1-c1ccc(Cl)c(Cl)c1. The predicted molar refractivity (Wildman–Crippen MR) is 75.5 cm³/mol. The molecular formula is C13H14Cl2N2O2. The van der Waals surface area contributed by atoms with Gasteiger partial charge in [-0.25, -0.2) is 0 Å². The van der Waals surface area contributed by atoms with Gasteiger partial charge in [-0.2, -0.15) is 0 Å². The summed E-state index contributed by atoms with van der Waals surface area (Å²) in [6.45, 7) is 2.08. The van der Waals surface area contributed by atoms with Crippen molar-refractivity contribution in [1.29, 1.82) is 0 Å². The Bertz CT molecular complexity index is 543. The molecule has 1 heterocycles. The van der Waals surface area contributed by atoms with E-state index in [1.165, 1.54) is 0 Å². The maximum atomic E-state index is 6.00. The van der Waals surface area contributed by atoms with Gasteiger partial charge in [-0.1, -0.05) is 28.4 Å². The van der Waals surface area contributed by atoms with Crippen molar-refractivity contribution in [3.63, 3.8) is 0 Å². The fraction of sp³-hybridized carbons (Fsp3) is 0.308. The lowest BCUT2D eigenvalue weighted by molar-refractivity contribution is 0.199. The van der Waals surface area contributed by atoms with Gasteiger partial charge >= 0.3 is 0 Å². The van der Waals surface area contributed by atoms with E-state index in [0.717, 1.165) is 17.7 Å². The van der Waals surface area contributed by atoms with Gasteiger partial charge in [0.05, 0.1) is 22.8 Å². The van der Waals surface area contributed by atoms with Gasteiger partial charge in [-0.15, -0.1) is 0 Å². The number of methoxy groups -OCH3 is 1. The summed E-state index contributed by atoms with van der Waals surface area (Å²) in [6, 6.07) is 5.36. The molecule has 0 radical (unpaired) electrons. The van der Waals surface area contributed by atoms with Crippen LogP contribution in [0.5, 0.6) is 0 Å². The molecule has 0 atom stereocenters. The normalized spacial score (nSPS) is 10.9. The van der Waals surface area contributed by atoms with E-state index in [-0.39, 0.29) is 0 Å². The minimum Gasteiger partial charge on any atom is -0.383 e. The van der Waals surface area contributed by atoms with E-state index in [2.05, 4.69) is 10.5 Å². The van der Waals surface area contributed by atoms with Gasteiger partial charge in [0.25, 0.3) is 0 Å². The van der Waals surface area contributed by atoms with Gasteiger partial charge < -0.3 is 14.6 Å². The van der Waals surface area contributed by atoms with Crippen molar-refractivity contribution in [1.82, 2.24) is 10.5 Å². The molecule has 0 aliphatic carbocycles. The second-order valence-corrected chi connectivity index (χ2v) is 4.79. The number of hydrogen-bond donors (Lipinski definition) is 1. The van der Waals surface area contributed by atoms with E-state index in [1.54, 1.807) is 25.4 Å². The van der Waals surface area contributed by atoms with Crippen molar-refractivity contribution in [2.24, 2.45) is 0 Å². The largest absolute Gasteiger partial charge is 0.383 e. The number of benzene rings is 1. The monoisotopic (exact) mass is 300 g/mol. The van der Waals surface area contributed by atoms with Gasteiger partial charge in [0.15, 0.2) is 5.76 Å². The molecule has 1 N–H and O–H groups in total. The Balaban J connectivity index is 2.12. The Morgan fingerprint density at radius 2 is 2.16 bits per heavy atom. The van der Waals surface area contributed by atoms with Crippen LogP contribution in [0.15, 0.2) is 28.9 Å². The topological polar surface area (TPSA) is 47.3 Å². The molecule has 0 aliphatic rings. The molecule has 1 aromatic heterocycles. The summed E-state index contributed by atoms with van der Waals surface area (Å²) < 4.78 is 10.3. The molecule has 0 spiro atoms. The highest BCUT2D eigenvalue weighted by atomic mass is 35.5. The molecule has 0 saturated heterocycles.